The molecule has 0 heterocycles. The Balaban J connectivity index is 1.79. The summed E-state index contributed by atoms with van der Waals surface area (Å²) in [5.74, 6) is 7.59. The quantitative estimate of drug-likeness (QED) is 0.391. The van der Waals surface area contributed by atoms with Gasteiger partial charge < -0.3 is 0 Å². The fraction of sp³-hybridized carbons (Fsp3) is 0.846. The van der Waals surface area contributed by atoms with Gasteiger partial charge in [-0.25, -0.2) is 0 Å². The van der Waals surface area contributed by atoms with Crippen LogP contribution in [0.15, 0.2) is 12.2 Å². The molecule has 4 aliphatic rings. The van der Waals surface area contributed by atoms with Gasteiger partial charge >= 0.3 is 0 Å². The van der Waals surface area contributed by atoms with Crippen molar-refractivity contribution in [2.75, 3.05) is 0 Å². The largest absolute Gasteiger partial charge is 0.0848 e. The molecule has 0 spiro atoms. The molecular formula is C13H18. The first kappa shape index (κ1) is 7.09. The molecule has 3 fully saturated rings. The summed E-state index contributed by atoms with van der Waals surface area (Å²) in [6.07, 6.45) is 9.75. The second-order valence-corrected chi connectivity index (χ2v) is 5.98. The molecule has 0 radical (unpaired) electrons. The van der Waals surface area contributed by atoms with E-state index in [0.717, 1.165) is 41.4 Å². The van der Waals surface area contributed by atoms with E-state index >= 15 is 0 Å². The molecule has 4 aliphatic carbocycles. The van der Waals surface area contributed by atoms with Crippen LogP contribution in [0.25, 0.3) is 0 Å². The van der Waals surface area contributed by atoms with Crippen LogP contribution >= 0.6 is 0 Å². The monoisotopic (exact) mass is 174 g/mol. The summed E-state index contributed by atoms with van der Waals surface area (Å²) in [4.78, 5) is 0. The van der Waals surface area contributed by atoms with E-state index < -0.39 is 0 Å². The Hall–Kier alpha value is -0.260. The lowest BCUT2D eigenvalue weighted by atomic mass is 9.70. The number of hydrogen-bond acceptors (Lipinski definition) is 0. The SMILES string of the molecule is C[C@@H]1C[C@H]2C[C@H]1C1C2[C@@H]2C=C[C@H]1C2. The summed E-state index contributed by atoms with van der Waals surface area (Å²) >= 11 is 0. The smallest absolute Gasteiger partial charge is 0.0194 e. The Kier molecular flexibility index (Phi) is 1.11. The number of fused-ring (bicyclic) bond motifs is 9. The van der Waals surface area contributed by atoms with Gasteiger partial charge in [-0.05, 0) is 60.7 Å². The third kappa shape index (κ3) is 0.671. The summed E-state index contributed by atoms with van der Waals surface area (Å²) in [5.41, 5.74) is 0. The van der Waals surface area contributed by atoms with Crippen LogP contribution in [0.3, 0.4) is 0 Å². The summed E-state index contributed by atoms with van der Waals surface area (Å²) < 4.78 is 0. The first-order valence-corrected chi connectivity index (χ1v) is 6.03. The molecule has 4 rings (SSSR count). The van der Waals surface area contributed by atoms with Gasteiger partial charge in [0.1, 0.15) is 0 Å². The molecule has 0 aromatic rings. The van der Waals surface area contributed by atoms with Crippen LogP contribution in [0.1, 0.15) is 26.2 Å². The van der Waals surface area contributed by atoms with Crippen molar-refractivity contribution in [2.24, 2.45) is 41.4 Å². The number of allylic oxidation sites excluding steroid dienone is 2. The van der Waals surface area contributed by atoms with E-state index in [-0.39, 0.29) is 0 Å². The highest BCUT2D eigenvalue weighted by atomic mass is 14.6. The lowest BCUT2D eigenvalue weighted by Gasteiger charge is -2.35. The Morgan fingerprint density at radius 1 is 0.923 bits per heavy atom. The van der Waals surface area contributed by atoms with Gasteiger partial charge in [0, 0.05) is 0 Å². The summed E-state index contributed by atoms with van der Waals surface area (Å²) in [5, 5.41) is 0. The van der Waals surface area contributed by atoms with Crippen LogP contribution < -0.4 is 0 Å². The Morgan fingerprint density at radius 3 is 2.54 bits per heavy atom. The Morgan fingerprint density at radius 2 is 1.69 bits per heavy atom. The highest BCUT2D eigenvalue weighted by molar-refractivity contribution is 5.20. The minimum Gasteiger partial charge on any atom is -0.0848 e. The molecule has 0 saturated heterocycles. The normalized spacial score (nSPS) is 66.4. The van der Waals surface area contributed by atoms with Crippen LogP contribution in [-0.4, -0.2) is 0 Å². The lowest BCUT2D eigenvalue weighted by molar-refractivity contribution is 0.160. The van der Waals surface area contributed by atoms with Crippen LogP contribution in [0.4, 0.5) is 0 Å². The zero-order valence-electron chi connectivity index (χ0n) is 8.32. The van der Waals surface area contributed by atoms with Crippen LogP contribution in [-0.2, 0) is 0 Å². The number of hydrogen-bond donors (Lipinski definition) is 0. The molecule has 7 atom stereocenters. The molecule has 0 nitrogen and oxygen atoms in total. The van der Waals surface area contributed by atoms with Gasteiger partial charge in [-0.15, -0.1) is 0 Å². The Labute approximate surface area is 80.4 Å². The molecule has 0 aromatic carbocycles. The van der Waals surface area contributed by atoms with Crippen molar-refractivity contribution in [2.45, 2.75) is 26.2 Å². The highest BCUT2D eigenvalue weighted by Crippen LogP contribution is 2.66. The van der Waals surface area contributed by atoms with Crippen molar-refractivity contribution in [1.29, 1.82) is 0 Å². The average Bonchev–Trinajstić information content (AvgIpc) is 2.78. The summed E-state index contributed by atoms with van der Waals surface area (Å²) in [6, 6.07) is 0. The van der Waals surface area contributed by atoms with Crippen molar-refractivity contribution in [3.8, 4) is 0 Å². The standard InChI is InChI=1S/C13H18/c1-7-4-10-6-11(7)13-9-3-2-8(5-9)12(10)13/h2-3,7-13H,4-6H2,1H3/t7-,8-,9+,10+,11-,12?,13?/m1/s1. The molecule has 70 valence electrons. The second-order valence-electron chi connectivity index (χ2n) is 5.98. The van der Waals surface area contributed by atoms with E-state index in [0.29, 0.717) is 0 Å². The molecule has 2 unspecified atom stereocenters. The van der Waals surface area contributed by atoms with Gasteiger partial charge in [0.25, 0.3) is 0 Å². The second kappa shape index (κ2) is 2.04. The van der Waals surface area contributed by atoms with Crippen molar-refractivity contribution in [3.63, 3.8) is 0 Å². The first-order chi connectivity index (χ1) is 6.34. The number of rotatable bonds is 0. The van der Waals surface area contributed by atoms with E-state index in [9.17, 15) is 0 Å². The van der Waals surface area contributed by atoms with Crippen molar-refractivity contribution < 1.29 is 0 Å². The summed E-state index contributed by atoms with van der Waals surface area (Å²) in [7, 11) is 0. The van der Waals surface area contributed by atoms with E-state index in [1.807, 2.05) is 0 Å². The maximum absolute atomic E-state index is 2.54. The highest BCUT2D eigenvalue weighted by Gasteiger charge is 2.59. The van der Waals surface area contributed by atoms with Gasteiger partial charge in [0.2, 0.25) is 0 Å². The van der Waals surface area contributed by atoms with Crippen molar-refractivity contribution in [3.05, 3.63) is 12.2 Å². The van der Waals surface area contributed by atoms with Gasteiger partial charge in [-0.3, -0.25) is 0 Å². The maximum atomic E-state index is 2.54. The third-order valence-corrected chi connectivity index (χ3v) is 5.60. The van der Waals surface area contributed by atoms with E-state index in [1.54, 1.807) is 12.8 Å². The minimum absolute atomic E-state index is 1.01. The van der Waals surface area contributed by atoms with E-state index in [4.69, 9.17) is 0 Å². The third-order valence-electron chi connectivity index (χ3n) is 5.60. The maximum Gasteiger partial charge on any atom is -0.0194 e. The molecule has 4 bridgehead atoms. The van der Waals surface area contributed by atoms with E-state index in [1.165, 1.54) is 6.42 Å². The average molecular weight is 174 g/mol. The van der Waals surface area contributed by atoms with Crippen LogP contribution in [0.2, 0.25) is 0 Å². The lowest BCUT2D eigenvalue weighted by Crippen LogP contribution is -2.29. The zero-order valence-corrected chi connectivity index (χ0v) is 8.32. The van der Waals surface area contributed by atoms with Crippen molar-refractivity contribution >= 4 is 0 Å². The van der Waals surface area contributed by atoms with Gasteiger partial charge in [-0.2, -0.15) is 0 Å². The molecule has 13 heavy (non-hydrogen) atoms. The molecule has 0 heteroatoms. The first-order valence-electron chi connectivity index (χ1n) is 6.03. The zero-order chi connectivity index (χ0) is 8.58. The van der Waals surface area contributed by atoms with Gasteiger partial charge in [-0.1, -0.05) is 19.1 Å². The van der Waals surface area contributed by atoms with E-state index in [2.05, 4.69) is 19.1 Å². The fourth-order valence-electron chi connectivity index (χ4n) is 5.35. The predicted molar refractivity (Wildman–Crippen MR) is 53.1 cm³/mol. The topological polar surface area (TPSA) is 0 Å². The van der Waals surface area contributed by atoms with Crippen molar-refractivity contribution in [1.82, 2.24) is 0 Å². The molecular weight excluding hydrogens is 156 g/mol. The minimum atomic E-state index is 1.01. The molecule has 0 aromatic heterocycles. The van der Waals surface area contributed by atoms with Gasteiger partial charge in [0.05, 0.1) is 0 Å². The fourth-order valence-corrected chi connectivity index (χ4v) is 5.35. The molecule has 3 saturated carbocycles. The molecule has 0 aliphatic heterocycles. The van der Waals surface area contributed by atoms with Crippen LogP contribution in [0.5, 0.6) is 0 Å². The van der Waals surface area contributed by atoms with Gasteiger partial charge in [0.15, 0.2) is 0 Å². The molecule has 0 N–H and O–H groups in total. The Bertz CT molecular complexity index is 278. The van der Waals surface area contributed by atoms with Crippen LogP contribution in [0, 0.1) is 41.4 Å². The molecule has 0 amide bonds. The summed E-state index contributed by atoms with van der Waals surface area (Å²) in [6.45, 7) is 2.50. The predicted octanol–water partition coefficient (Wildman–Crippen LogP) is 3.10.